The fraction of sp³-hybridized carbons (Fsp3) is 0.417. The van der Waals surface area contributed by atoms with Crippen molar-refractivity contribution in [1.29, 1.82) is 0 Å². The van der Waals surface area contributed by atoms with E-state index >= 15 is 0 Å². The van der Waals surface area contributed by atoms with E-state index in [0.717, 1.165) is 12.8 Å². The van der Waals surface area contributed by atoms with Gasteiger partial charge < -0.3 is 5.11 Å². The Hall–Kier alpha value is -1.02. The van der Waals surface area contributed by atoms with E-state index in [1.54, 1.807) is 0 Å². The Kier molecular flexibility index (Phi) is 6.80. The standard InChI is InChI=1S/C12H16O2.ClH/c1-2-11(12(13)14)9-8-10-6-4-3-5-7-10;/h3-7,11H,2,8-9H2,1H3,(H,13,14);1H. The number of aryl methyl sites for hydroxylation is 1. The van der Waals surface area contributed by atoms with Crippen LogP contribution in [0.25, 0.3) is 0 Å². The number of benzene rings is 1. The number of carboxylic acids is 1. The zero-order valence-corrected chi connectivity index (χ0v) is 9.67. The van der Waals surface area contributed by atoms with Crippen LogP contribution in [0.3, 0.4) is 0 Å². The smallest absolute Gasteiger partial charge is 0.306 e. The van der Waals surface area contributed by atoms with Gasteiger partial charge in [-0.2, -0.15) is 0 Å². The van der Waals surface area contributed by atoms with E-state index in [-0.39, 0.29) is 18.3 Å². The second-order valence-electron chi connectivity index (χ2n) is 3.47. The van der Waals surface area contributed by atoms with Crippen molar-refractivity contribution in [1.82, 2.24) is 0 Å². The fourth-order valence-electron chi connectivity index (χ4n) is 1.49. The predicted octanol–water partition coefficient (Wildman–Crippen LogP) is 3.15. The molecule has 0 radical (unpaired) electrons. The van der Waals surface area contributed by atoms with Crippen molar-refractivity contribution in [3.63, 3.8) is 0 Å². The molecular formula is C12H17ClO2. The molecule has 2 nitrogen and oxygen atoms in total. The summed E-state index contributed by atoms with van der Waals surface area (Å²) in [7, 11) is 0. The van der Waals surface area contributed by atoms with Gasteiger partial charge in [0.25, 0.3) is 0 Å². The van der Waals surface area contributed by atoms with Crippen molar-refractivity contribution in [3.05, 3.63) is 35.9 Å². The van der Waals surface area contributed by atoms with E-state index < -0.39 is 5.97 Å². The van der Waals surface area contributed by atoms with Crippen LogP contribution in [-0.2, 0) is 11.2 Å². The molecule has 0 aliphatic heterocycles. The number of aliphatic carboxylic acids is 1. The Morgan fingerprint density at radius 2 is 1.93 bits per heavy atom. The molecule has 1 atom stereocenters. The van der Waals surface area contributed by atoms with Crippen LogP contribution >= 0.6 is 12.4 Å². The van der Waals surface area contributed by atoms with E-state index in [4.69, 9.17) is 5.11 Å². The highest BCUT2D eigenvalue weighted by Gasteiger charge is 2.14. The SMILES string of the molecule is CCC(CCc1ccccc1)C(=O)O.Cl. The van der Waals surface area contributed by atoms with E-state index in [1.807, 2.05) is 37.3 Å². The van der Waals surface area contributed by atoms with Gasteiger partial charge in [0.05, 0.1) is 5.92 Å². The summed E-state index contributed by atoms with van der Waals surface area (Å²) in [6.45, 7) is 1.92. The molecule has 0 saturated heterocycles. The summed E-state index contributed by atoms with van der Waals surface area (Å²) in [5.41, 5.74) is 1.22. The molecule has 0 aromatic heterocycles. The minimum absolute atomic E-state index is 0. The van der Waals surface area contributed by atoms with Gasteiger partial charge in [0.2, 0.25) is 0 Å². The lowest BCUT2D eigenvalue weighted by molar-refractivity contribution is -0.142. The first-order valence-electron chi connectivity index (χ1n) is 5.00. The van der Waals surface area contributed by atoms with Gasteiger partial charge in [-0.15, -0.1) is 12.4 Å². The molecule has 0 fully saturated rings. The second kappa shape index (κ2) is 7.30. The summed E-state index contributed by atoms with van der Waals surface area (Å²) < 4.78 is 0. The number of rotatable bonds is 5. The zero-order valence-electron chi connectivity index (χ0n) is 8.85. The lowest BCUT2D eigenvalue weighted by Gasteiger charge is -2.08. The van der Waals surface area contributed by atoms with Crippen LogP contribution in [0, 0.1) is 5.92 Å². The lowest BCUT2D eigenvalue weighted by atomic mass is 9.97. The van der Waals surface area contributed by atoms with Gasteiger partial charge in [0.1, 0.15) is 0 Å². The van der Waals surface area contributed by atoms with Crippen LogP contribution in [0.1, 0.15) is 25.3 Å². The highest BCUT2D eigenvalue weighted by atomic mass is 35.5. The number of hydrogen-bond donors (Lipinski definition) is 1. The minimum atomic E-state index is -0.677. The predicted molar refractivity (Wildman–Crippen MR) is 63.4 cm³/mol. The van der Waals surface area contributed by atoms with E-state index in [2.05, 4.69) is 0 Å². The van der Waals surface area contributed by atoms with Crippen molar-refractivity contribution < 1.29 is 9.90 Å². The van der Waals surface area contributed by atoms with Gasteiger partial charge in [-0.1, -0.05) is 37.3 Å². The van der Waals surface area contributed by atoms with Crippen LogP contribution in [0.5, 0.6) is 0 Å². The van der Waals surface area contributed by atoms with Crippen molar-refractivity contribution in [2.75, 3.05) is 0 Å². The van der Waals surface area contributed by atoms with Gasteiger partial charge in [-0.05, 0) is 24.8 Å². The molecule has 1 unspecified atom stereocenters. The van der Waals surface area contributed by atoms with Crippen molar-refractivity contribution >= 4 is 18.4 Å². The molecule has 0 amide bonds. The molecule has 84 valence electrons. The van der Waals surface area contributed by atoms with E-state index in [9.17, 15) is 4.79 Å². The molecule has 0 heterocycles. The van der Waals surface area contributed by atoms with Gasteiger partial charge in [-0.3, -0.25) is 4.79 Å². The van der Waals surface area contributed by atoms with Crippen LogP contribution in [0.4, 0.5) is 0 Å². The molecule has 0 bridgehead atoms. The van der Waals surface area contributed by atoms with Crippen LogP contribution in [-0.4, -0.2) is 11.1 Å². The molecule has 1 rings (SSSR count). The molecule has 0 spiro atoms. The maximum atomic E-state index is 10.8. The normalized spacial score (nSPS) is 11.5. The third-order valence-corrected chi connectivity index (χ3v) is 2.47. The lowest BCUT2D eigenvalue weighted by Crippen LogP contribution is -2.13. The summed E-state index contributed by atoms with van der Waals surface area (Å²) >= 11 is 0. The topological polar surface area (TPSA) is 37.3 Å². The number of halogens is 1. The summed E-state index contributed by atoms with van der Waals surface area (Å²) in [6, 6.07) is 10.0. The maximum absolute atomic E-state index is 10.8. The maximum Gasteiger partial charge on any atom is 0.306 e. The summed E-state index contributed by atoms with van der Waals surface area (Å²) in [4.78, 5) is 10.8. The van der Waals surface area contributed by atoms with Gasteiger partial charge >= 0.3 is 5.97 Å². The third kappa shape index (κ3) is 4.84. The van der Waals surface area contributed by atoms with E-state index in [0.29, 0.717) is 6.42 Å². The summed E-state index contributed by atoms with van der Waals surface area (Å²) in [5, 5.41) is 8.85. The minimum Gasteiger partial charge on any atom is -0.481 e. The molecule has 0 saturated carbocycles. The number of carboxylic acid groups (broad SMARTS) is 1. The monoisotopic (exact) mass is 228 g/mol. The Morgan fingerprint density at radius 3 is 2.40 bits per heavy atom. The molecule has 15 heavy (non-hydrogen) atoms. The Balaban J connectivity index is 0.00000196. The van der Waals surface area contributed by atoms with Crippen LogP contribution < -0.4 is 0 Å². The first-order chi connectivity index (χ1) is 6.74. The average Bonchev–Trinajstić information content (AvgIpc) is 2.20. The third-order valence-electron chi connectivity index (χ3n) is 2.47. The molecule has 3 heteroatoms. The Morgan fingerprint density at radius 1 is 1.33 bits per heavy atom. The van der Waals surface area contributed by atoms with Crippen molar-refractivity contribution in [3.8, 4) is 0 Å². The van der Waals surface area contributed by atoms with Crippen molar-refractivity contribution in [2.45, 2.75) is 26.2 Å². The number of hydrogen-bond acceptors (Lipinski definition) is 1. The molecule has 0 aliphatic carbocycles. The van der Waals surface area contributed by atoms with E-state index in [1.165, 1.54) is 5.56 Å². The first-order valence-corrected chi connectivity index (χ1v) is 5.00. The van der Waals surface area contributed by atoms with Gasteiger partial charge in [-0.25, -0.2) is 0 Å². The highest BCUT2D eigenvalue weighted by Crippen LogP contribution is 2.12. The molecule has 1 aromatic rings. The first kappa shape index (κ1) is 14.0. The summed E-state index contributed by atoms with van der Waals surface area (Å²) in [5.74, 6) is -0.876. The Bertz CT molecular complexity index is 285. The number of carbonyl (C=O) groups is 1. The molecular weight excluding hydrogens is 212 g/mol. The van der Waals surface area contributed by atoms with Gasteiger partial charge in [0.15, 0.2) is 0 Å². The quantitative estimate of drug-likeness (QED) is 0.841. The zero-order chi connectivity index (χ0) is 10.4. The molecule has 1 N–H and O–H groups in total. The summed E-state index contributed by atoms with van der Waals surface area (Å²) in [6.07, 6.45) is 2.30. The Labute approximate surface area is 96.7 Å². The molecule has 0 aliphatic rings. The van der Waals surface area contributed by atoms with Crippen LogP contribution in [0.2, 0.25) is 0 Å². The largest absolute Gasteiger partial charge is 0.481 e. The van der Waals surface area contributed by atoms with Crippen LogP contribution in [0.15, 0.2) is 30.3 Å². The fourth-order valence-corrected chi connectivity index (χ4v) is 1.49. The second-order valence-corrected chi connectivity index (χ2v) is 3.47. The average molecular weight is 229 g/mol. The van der Waals surface area contributed by atoms with Crippen molar-refractivity contribution in [2.24, 2.45) is 5.92 Å². The molecule has 1 aromatic carbocycles. The highest BCUT2D eigenvalue weighted by molar-refractivity contribution is 5.85. The van der Waals surface area contributed by atoms with Gasteiger partial charge in [0, 0.05) is 0 Å².